The van der Waals surface area contributed by atoms with Gasteiger partial charge in [-0.1, -0.05) is 60.2 Å². The molecule has 20 heavy (non-hydrogen) atoms. The fraction of sp³-hybridized carbons (Fsp3) is 0.0588. The summed E-state index contributed by atoms with van der Waals surface area (Å²) in [5.74, 6) is 0.444. The molecule has 1 heterocycles. The van der Waals surface area contributed by atoms with Crippen LogP contribution in [0.15, 0.2) is 65.3 Å². The van der Waals surface area contributed by atoms with Gasteiger partial charge in [0, 0.05) is 5.56 Å². The second kappa shape index (κ2) is 5.13. The predicted octanol–water partition coefficient (Wildman–Crippen LogP) is 2.91. The zero-order valence-corrected chi connectivity index (χ0v) is 11.1. The average Bonchev–Trinajstić information content (AvgIpc) is 2.81. The number of carbonyl (C=O) groups excluding carboxylic acids is 1. The monoisotopic (exact) mass is 262 g/mol. The minimum atomic E-state index is -0.162. The summed E-state index contributed by atoms with van der Waals surface area (Å²) in [5.41, 5.74) is 3.49. The molecule has 98 valence electrons. The van der Waals surface area contributed by atoms with Crippen LogP contribution in [0.4, 0.5) is 0 Å². The molecular formula is C17H14N2O. The lowest BCUT2D eigenvalue weighted by atomic mass is 10.1. The third-order valence-electron chi connectivity index (χ3n) is 3.09. The fourth-order valence-electron chi connectivity index (χ4n) is 2.12. The van der Waals surface area contributed by atoms with Crippen LogP contribution in [0.1, 0.15) is 16.7 Å². The number of amides is 1. The minimum absolute atomic E-state index is 0.162. The molecule has 3 nitrogen and oxygen atoms in total. The first-order valence-electron chi connectivity index (χ1n) is 6.46. The van der Waals surface area contributed by atoms with E-state index < -0.39 is 0 Å². The predicted molar refractivity (Wildman–Crippen MR) is 80.3 cm³/mol. The Labute approximate surface area is 117 Å². The molecule has 3 rings (SSSR count). The first kappa shape index (κ1) is 12.4. The van der Waals surface area contributed by atoms with E-state index in [-0.39, 0.29) is 5.91 Å². The highest BCUT2D eigenvalue weighted by molar-refractivity contribution is 6.19. The third kappa shape index (κ3) is 2.52. The van der Waals surface area contributed by atoms with Gasteiger partial charge in [0.15, 0.2) is 0 Å². The van der Waals surface area contributed by atoms with Gasteiger partial charge in [-0.2, -0.15) is 0 Å². The van der Waals surface area contributed by atoms with Gasteiger partial charge in [0.1, 0.15) is 11.5 Å². The summed E-state index contributed by atoms with van der Waals surface area (Å²) in [6.45, 7) is 2.02. The van der Waals surface area contributed by atoms with Crippen molar-refractivity contribution in [3.05, 3.63) is 77.0 Å². The highest BCUT2D eigenvalue weighted by atomic mass is 16.2. The summed E-state index contributed by atoms with van der Waals surface area (Å²) in [4.78, 5) is 16.3. The van der Waals surface area contributed by atoms with Crippen molar-refractivity contribution in [3.63, 3.8) is 0 Å². The summed E-state index contributed by atoms with van der Waals surface area (Å²) in [6, 6.07) is 17.6. The Bertz CT molecular complexity index is 715. The second-order valence-electron chi connectivity index (χ2n) is 4.72. The Morgan fingerprint density at radius 1 is 1.05 bits per heavy atom. The van der Waals surface area contributed by atoms with Gasteiger partial charge in [-0.3, -0.25) is 4.79 Å². The van der Waals surface area contributed by atoms with E-state index in [1.165, 1.54) is 0 Å². The maximum absolute atomic E-state index is 12.0. The van der Waals surface area contributed by atoms with Crippen molar-refractivity contribution < 1.29 is 4.79 Å². The molecule has 0 saturated carbocycles. The molecular weight excluding hydrogens is 248 g/mol. The largest absolute Gasteiger partial charge is 0.305 e. The van der Waals surface area contributed by atoms with E-state index in [4.69, 9.17) is 0 Å². The smallest absolute Gasteiger partial charge is 0.275 e. The number of benzene rings is 2. The molecule has 2 aromatic rings. The third-order valence-corrected chi connectivity index (χ3v) is 3.09. The first-order valence-corrected chi connectivity index (χ1v) is 6.46. The van der Waals surface area contributed by atoms with Crippen LogP contribution in [0.2, 0.25) is 0 Å². The van der Waals surface area contributed by atoms with Crippen molar-refractivity contribution in [2.45, 2.75) is 6.92 Å². The van der Waals surface area contributed by atoms with Gasteiger partial charge in [-0.05, 0) is 18.6 Å². The molecule has 0 spiro atoms. The van der Waals surface area contributed by atoms with Gasteiger partial charge in [0.25, 0.3) is 5.91 Å². The molecule has 1 N–H and O–H groups in total. The molecule has 0 radical (unpaired) electrons. The normalized spacial score (nSPS) is 16.1. The van der Waals surface area contributed by atoms with Crippen molar-refractivity contribution in [1.82, 2.24) is 5.32 Å². The van der Waals surface area contributed by atoms with Gasteiger partial charge in [-0.15, -0.1) is 0 Å². The van der Waals surface area contributed by atoms with E-state index in [1.54, 1.807) is 6.08 Å². The topological polar surface area (TPSA) is 41.5 Å². The van der Waals surface area contributed by atoms with Crippen LogP contribution in [-0.4, -0.2) is 11.7 Å². The molecule has 0 fully saturated rings. The number of hydrogen-bond donors (Lipinski definition) is 1. The molecule has 0 aromatic heterocycles. The van der Waals surface area contributed by atoms with E-state index in [9.17, 15) is 4.79 Å². The first-order chi connectivity index (χ1) is 9.72. The van der Waals surface area contributed by atoms with Crippen molar-refractivity contribution in [1.29, 1.82) is 0 Å². The van der Waals surface area contributed by atoms with Crippen molar-refractivity contribution >= 4 is 17.8 Å². The van der Waals surface area contributed by atoms with Crippen LogP contribution >= 0.6 is 0 Å². The molecule has 0 unspecified atom stereocenters. The zero-order chi connectivity index (χ0) is 13.9. The van der Waals surface area contributed by atoms with Crippen molar-refractivity contribution in [2.24, 2.45) is 4.99 Å². The maximum Gasteiger partial charge on any atom is 0.275 e. The van der Waals surface area contributed by atoms with E-state index in [0.29, 0.717) is 11.5 Å². The molecule has 3 heteroatoms. The Hall–Kier alpha value is -2.68. The van der Waals surface area contributed by atoms with Crippen molar-refractivity contribution in [2.75, 3.05) is 0 Å². The summed E-state index contributed by atoms with van der Waals surface area (Å²) >= 11 is 0. The Balaban J connectivity index is 1.95. The number of aryl methyl sites for hydroxylation is 1. The lowest BCUT2D eigenvalue weighted by molar-refractivity contribution is -0.115. The number of nitrogens with zero attached hydrogens (tertiary/aromatic N) is 1. The number of carbonyl (C=O) groups is 1. The molecule has 1 aliphatic rings. The van der Waals surface area contributed by atoms with Gasteiger partial charge >= 0.3 is 0 Å². The minimum Gasteiger partial charge on any atom is -0.305 e. The van der Waals surface area contributed by atoms with Gasteiger partial charge in [0.05, 0.1) is 0 Å². The molecule has 2 aromatic carbocycles. The van der Waals surface area contributed by atoms with E-state index >= 15 is 0 Å². The van der Waals surface area contributed by atoms with Crippen molar-refractivity contribution in [3.8, 4) is 0 Å². The van der Waals surface area contributed by atoms with E-state index in [1.807, 2.05) is 61.5 Å². The summed E-state index contributed by atoms with van der Waals surface area (Å²) in [7, 11) is 0. The average molecular weight is 262 g/mol. The van der Waals surface area contributed by atoms with Crippen LogP contribution in [0, 0.1) is 6.92 Å². The quantitative estimate of drug-likeness (QED) is 0.831. The van der Waals surface area contributed by atoms with Crippen LogP contribution in [-0.2, 0) is 4.79 Å². The van der Waals surface area contributed by atoms with Gasteiger partial charge in [0.2, 0.25) is 0 Å². The molecule has 0 atom stereocenters. The number of aliphatic imine (C=N–C) groups is 1. The molecule has 0 saturated heterocycles. The van der Waals surface area contributed by atoms with E-state index in [0.717, 1.165) is 16.7 Å². The number of amidine groups is 1. The number of rotatable bonds is 2. The van der Waals surface area contributed by atoms with Crippen LogP contribution in [0.5, 0.6) is 0 Å². The fourth-order valence-corrected chi connectivity index (χ4v) is 2.12. The molecule has 0 aliphatic carbocycles. The lowest BCUT2D eigenvalue weighted by Crippen LogP contribution is -2.24. The van der Waals surface area contributed by atoms with Crippen LogP contribution in [0.3, 0.4) is 0 Å². The summed E-state index contributed by atoms with van der Waals surface area (Å²) in [5, 5.41) is 2.80. The standard InChI is InChI=1S/C17H14N2O/c1-12-6-5-7-13(10-12)11-15-17(20)19-16(18-15)14-8-3-2-4-9-14/h2-11H,1H3,(H,18,19,20)/b15-11-. The lowest BCUT2D eigenvalue weighted by Gasteiger charge is -1.98. The maximum atomic E-state index is 12.0. The van der Waals surface area contributed by atoms with E-state index in [2.05, 4.69) is 10.3 Å². The number of nitrogens with one attached hydrogen (secondary N) is 1. The zero-order valence-electron chi connectivity index (χ0n) is 11.1. The summed E-state index contributed by atoms with van der Waals surface area (Å²) in [6.07, 6.45) is 1.80. The summed E-state index contributed by atoms with van der Waals surface area (Å²) < 4.78 is 0. The van der Waals surface area contributed by atoms with Crippen LogP contribution < -0.4 is 5.32 Å². The highest BCUT2D eigenvalue weighted by Crippen LogP contribution is 2.15. The van der Waals surface area contributed by atoms with Gasteiger partial charge < -0.3 is 5.32 Å². The highest BCUT2D eigenvalue weighted by Gasteiger charge is 2.20. The SMILES string of the molecule is Cc1cccc(/C=C2\N=C(c3ccccc3)NC2=O)c1. The Morgan fingerprint density at radius 3 is 2.60 bits per heavy atom. The number of hydrogen-bond acceptors (Lipinski definition) is 2. The molecule has 0 bridgehead atoms. The van der Waals surface area contributed by atoms with Crippen LogP contribution in [0.25, 0.3) is 6.08 Å². The Kier molecular flexibility index (Phi) is 3.17. The second-order valence-corrected chi connectivity index (χ2v) is 4.72. The molecule has 1 amide bonds. The van der Waals surface area contributed by atoms with Gasteiger partial charge in [-0.25, -0.2) is 4.99 Å². The Morgan fingerprint density at radius 2 is 1.85 bits per heavy atom. The molecule has 1 aliphatic heterocycles.